The lowest BCUT2D eigenvalue weighted by atomic mass is 10.0. The fourth-order valence-electron chi connectivity index (χ4n) is 6.76. The SMILES string of the molecule is CCCCCCCCCCCCCCCCCCCCCCCCC(=O)OC(CO)COP(=O)(O)OCC(CO)OC(=O)CCCCCCCCCCCC. The first-order valence-electron chi connectivity index (χ1n) is 23.0. The van der Waals surface area contributed by atoms with Crippen LogP contribution in [0.25, 0.3) is 0 Å². The highest BCUT2D eigenvalue weighted by Gasteiger charge is 2.27. The van der Waals surface area contributed by atoms with Crippen molar-refractivity contribution in [3.63, 3.8) is 0 Å². The highest BCUT2D eigenvalue weighted by molar-refractivity contribution is 7.47. The van der Waals surface area contributed by atoms with Gasteiger partial charge in [0.15, 0.2) is 0 Å². The number of carbonyl (C=O) groups is 2. The van der Waals surface area contributed by atoms with Gasteiger partial charge < -0.3 is 24.6 Å². The number of aliphatic hydroxyl groups excluding tert-OH is 2. The van der Waals surface area contributed by atoms with Gasteiger partial charge in [0.25, 0.3) is 0 Å². The zero-order valence-corrected chi connectivity index (χ0v) is 36.6. The van der Waals surface area contributed by atoms with E-state index in [1.807, 2.05) is 0 Å². The van der Waals surface area contributed by atoms with Crippen molar-refractivity contribution in [1.82, 2.24) is 0 Å². The monoisotopic (exact) mass is 807 g/mol. The van der Waals surface area contributed by atoms with Crippen LogP contribution in [0.3, 0.4) is 0 Å². The average molecular weight is 807 g/mol. The van der Waals surface area contributed by atoms with Crippen LogP contribution in [0.15, 0.2) is 0 Å². The first kappa shape index (κ1) is 54.0. The van der Waals surface area contributed by atoms with E-state index in [9.17, 15) is 29.3 Å². The summed E-state index contributed by atoms with van der Waals surface area (Å²) < 4.78 is 32.5. The lowest BCUT2D eigenvalue weighted by molar-refractivity contribution is -0.153. The summed E-state index contributed by atoms with van der Waals surface area (Å²) in [6, 6.07) is 0. The van der Waals surface area contributed by atoms with Gasteiger partial charge in [0.1, 0.15) is 12.2 Å². The van der Waals surface area contributed by atoms with Gasteiger partial charge >= 0.3 is 19.8 Å². The molecule has 0 amide bonds. The molecular weight excluding hydrogens is 719 g/mol. The van der Waals surface area contributed by atoms with Gasteiger partial charge in [-0.2, -0.15) is 0 Å². The number of hydrogen-bond acceptors (Lipinski definition) is 9. The number of ether oxygens (including phenoxy) is 2. The number of phosphoric acid groups is 1. The van der Waals surface area contributed by atoms with Crippen molar-refractivity contribution in [3.8, 4) is 0 Å². The Morgan fingerprint density at radius 3 is 0.855 bits per heavy atom. The molecule has 0 fully saturated rings. The summed E-state index contributed by atoms with van der Waals surface area (Å²) in [5, 5.41) is 19.1. The molecule has 0 saturated carbocycles. The van der Waals surface area contributed by atoms with Crippen LogP contribution in [0.5, 0.6) is 0 Å². The quantitative estimate of drug-likeness (QED) is 0.0308. The number of hydrogen-bond donors (Lipinski definition) is 3. The number of phosphoric ester groups is 1. The lowest BCUT2D eigenvalue weighted by Crippen LogP contribution is -2.28. The van der Waals surface area contributed by atoms with Crippen LogP contribution < -0.4 is 0 Å². The zero-order chi connectivity index (χ0) is 40.5. The minimum atomic E-state index is -4.62. The molecule has 3 N–H and O–H groups in total. The van der Waals surface area contributed by atoms with Crippen LogP contribution in [0.2, 0.25) is 0 Å². The molecule has 11 heteroatoms. The Hall–Kier alpha value is -1.03. The van der Waals surface area contributed by atoms with Crippen molar-refractivity contribution >= 4 is 19.8 Å². The van der Waals surface area contributed by atoms with Crippen molar-refractivity contribution in [2.45, 2.75) is 244 Å². The van der Waals surface area contributed by atoms with Crippen molar-refractivity contribution in [1.29, 1.82) is 0 Å². The molecule has 0 radical (unpaired) electrons. The van der Waals surface area contributed by atoms with Crippen molar-refractivity contribution in [2.75, 3.05) is 26.4 Å². The Kier molecular flexibility index (Phi) is 40.4. The third-order valence-corrected chi connectivity index (χ3v) is 11.3. The summed E-state index contributed by atoms with van der Waals surface area (Å²) in [5.41, 5.74) is 0. The van der Waals surface area contributed by atoms with Gasteiger partial charge in [0.2, 0.25) is 0 Å². The average Bonchev–Trinajstić information content (AvgIpc) is 3.17. The van der Waals surface area contributed by atoms with E-state index in [-0.39, 0.29) is 12.8 Å². The summed E-state index contributed by atoms with van der Waals surface area (Å²) in [6.45, 7) is 2.23. The summed E-state index contributed by atoms with van der Waals surface area (Å²) in [6.07, 6.45) is 38.1. The van der Waals surface area contributed by atoms with Crippen LogP contribution in [-0.4, -0.2) is 65.7 Å². The molecule has 0 aliphatic rings. The Labute approximate surface area is 337 Å². The van der Waals surface area contributed by atoms with E-state index in [0.717, 1.165) is 38.5 Å². The molecule has 328 valence electrons. The van der Waals surface area contributed by atoms with E-state index in [0.29, 0.717) is 12.8 Å². The van der Waals surface area contributed by atoms with Gasteiger partial charge in [0, 0.05) is 12.8 Å². The fourth-order valence-corrected chi connectivity index (χ4v) is 7.55. The Morgan fingerprint density at radius 2 is 0.636 bits per heavy atom. The third-order valence-electron chi connectivity index (χ3n) is 10.3. The largest absolute Gasteiger partial charge is 0.472 e. The van der Waals surface area contributed by atoms with Gasteiger partial charge in [-0.05, 0) is 12.8 Å². The van der Waals surface area contributed by atoms with E-state index >= 15 is 0 Å². The molecule has 3 atom stereocenters. The molecule has 55 heavy (non-hydrogen) atoms. The molecule has 0 aromatic heterocycles. The molecule has 0 saturated heterocycles. The topological polar surface area (TPSA) is 149 Å². The minimum Gasteiger partial charge on any atom is -0.457 e. The van der Waals surface area contributed by atoms with Crippen molar-refractivity contribution in [2.24, 2.45) is 0 Å². The number of aliphatic hydroxyl groups is 2. The summed E-state index contributed by atoms with van der Waals surface area (Å²) in [4.78, 5) is 34.5. The molecule has 3 unspecified atom stereocenters. The predicted molar refractivity (Wildman–Crippen MR) is 224 cm³/mol. The third kappa shape index (κ3) is 39.6. The lowest BCUT2D eigenvalue weighted by Gasteiger charge is -2.20. The Bertz CT molecular complexity index is 889. The number of esters is 2. The van der Waals surface area contributed by atoms with Crippen LogP contribution in [-0.2, 0) is 32.7 Å². The molecule has 0 aromatic carbocycles. The summed E-state index contributed by atoms with van der Waals surface area (Å²) in [7, 11) is -4.62. The second kappa shape index (κ2) is 41.1. The molecule has 0 heterocycles. The molecular formula is C44H87O10P. The molecule has 10 nitrogen and oxygen atoms in total. The van der Waals surface area contributed by atoms with Gasteiger partial charge in [-0.25, -0.2) is 4.57 Å². The van der Waals surface area contributed by atoms with Gasteiger partial charge in [-0.3, -0.25) is 18.6 Å². The van der Waals surface area contributed by atoms with Crippen LogP contribution >= 0.6 is 7.82 Å². The van der Waals surface area contributed by atoms with E-state index < -0.39 is 58.4 Å². The highest BCUT2D eigenvalue weighted by atomic mass is 31.2. The molecule has 0 aromatic rings. The summed E-state index contributed by atoms with van der Waals surface area (Å²) in [5.74, 6) is -1.01. The van der Waals surface area contributed by atoms with Gasteiger partial charge in [-0.1, -0.05) is 206 Å². The first-order valence-corrected chi connectivity index (χ1v) is 24.5. The molecule has 0 aliphatic carbocycles. The maximum absolute atomic E-state index is 12.3. The Morgan fingerprint density at radius 1 is 0.418 bits per heavy atom. The second-order valence-corrected chi connectivity index (χ2v) is 17.2. The van der Waals surface area contributed by atoms with Crippen LogP contribution in [0.1, 0.15) is 232 Å². The van der Waals surface area contributed by atoms with E-state index in [2.05, 4.69) is 13.8 Å². The van der Waals surface area contributed by atoms with Crippen molar-refractivity contribution < 1.29 is 47.8 Å². The minimum absolute atomic E-state index is 0.198. The Balaban J connectivity index is 3.79. The highest BCUT2D eigenvalue weighted by Crippen LogP contribution is 2.43. The van der Waals surface area contributed by atoms with E-state index in [4.69, 9.17) is 18.5 Å². The predicted octanol–water partition coefficient (Wildman–Crippen LogP) is 12.2. The van der Waals surface area contributed by atoms with Crippen molar-refractivity contribution in [3.05, 3.63) is 0 Å². The smallest absolute Gasteiger partial charge is 0.457 e. The first-order chi connectivity index (χ1) is 26.8. The standard InChI is InChI=1S/C44H87O10P/c1-3-5-7-9-11-13-15-16-17-18-19-20-21-22-23-24-25-26-28-30-32-34-36-44(48)54-42(38-46)40-52-55(49,50)51-39-41(37-45)53-43(47)35-33-31-29-27-14-12-10-8-6-4-2/h41-42,45-46H,3-40H2,1-2H3,(H,49,50). The van der Waals surface area contributed by atoms with Gasteiger partial charge in [-0.15, -0.1) is 0 Å². The maximum atomic E-state index is 12.3. The number of rotatable bonds is 44. The normalized spacial score (nSPS) is 13.8. The molecule has 0 bridgehead atoms. The maximum Gasteiger partial charge on any atom is 0.472 e. The zero-order valence-electron chi connectivity index (χ0n) is 35.7. The van der Waals surface area contributed by atoms with E-state index in [1.165, 1.54) is 154 Å². The molecule has 0 spiro atoms. The van der Waals surface area contributed by atoms with Gasteiger partial charge in [0.05, 0.1) is 26.4 Å². The fraction of sp³-hybridized carbons (Fsp3) is 0.955. The number of unbranched alkanes of at least 4 members (excludes halogenated alkanes) is 30. The molecule has 0 aliphatic heterocycles. The second-order valence-electron chi connectivity index (χ2n) is 15.8. The van der Waals surface area contributed by atoms with E-state index in [1.54, 1.807) is 0 Å². The molecule has 0 rings (SSSR count). The number of carbonyl (C=O) groups excluding carboxylic acids is 2. The summed E-state index contributed by atoms with van der Waals surface area (Å²) >= 11 is 0. The van der Waals surface area contributed by atoms with Crippen LogP contribution in [0.4, 0.5) is 0 Å². The van der Waals surface area contributed by atoms with Crippen LogP contribution in [0, 0.1) is 0 Å².